The van der Waals surface area contributed by atoms with Crippen LogP contribution in [0.15, 0.2) is 18.2 Å². The number of benzene rings is 1. The van der Waals surface area contributed by atoms with Gasteiger partial charge in [0, 0.05) is 16.1 Å². The second kappa shape index (κ2) is 8.06. The Morgan fingerprint density at radius 1 is 1.32 bits per heavy atom. The summed E-state index contributed by atoms with van der Waals surface area (Å²) in [4.78, 5) is 35.6. The number of urea groups is 1. The summed E-state index contributed by atoms with van der Waals surface area (Å²) in [7, 11) is 0. The lowest BCUT2D eigenvalue weighted by atomic mass is 10.1. The van der Waals surface area contributed by atoms with Gasteiger partial charge in [0.2, 0.25) is 0 Å². The Labute approximate surface area is 148 Å². The Hall–Kier alpha value is -2.48. The van der Waals surface area contributed by atoms with Crippen molar-refractivity contribution in [2.45, 2.75) is 33.2 Å². The summed E-state index contributed by atoms with van der Waals surface area (Å²) in [5.41, 5.74) is 0.470. The van der Waals surface area contributed by atoms with Gasteiger partial charge in [-0.1, -0.05) is 13.0 Å². The summed E-state index contributed by atoms with van der Waals surface area (Å²) in [5.74, 6) is -1.88. The molecular weight excluding hydrogens is 347 g/mol. The van der Waals surface area contributed by atoms with Crippen molar-refractivity contribution in [2.75, 3.05) is 6.61 Å². The maximum Gasteiger partial charge on any atom is 0.349 e. The number of amides is 3. The maximum absolute atomic E-state index is 13.9. The van der Waals surface area contributed by atoms with Crippen molar-refractivity contribution in [3.63, 3.8) is 0 Å². The van der Waals surface area contributed by atoms with E-state index in [1.807, 2.05) is 6.92 Å². The van der Waals surface area contributed by atoms with Crippen molar-refractivity contribution in [2.24, 2.45) is 0 Å². The molecular formula is C17H19FN2O4S. The van der Waals surface area contributed by atoms with Gasteiger partial charge >= 0.3 is 12.0 Å². The van der Waals surface area contributed by atoms with Crippen molar-refractivity contribution in [1.82, 2.24) is 10.6 Å². The van der Waals surface area contributed by atoms with Crippen LogP contribution in [0.4, 0.5) is 9.18 Å². The highest BCUT2D eigenvalue weighted by Gasteiger charge is 2.20. The predicted molar refractivity (Wildman–Crippen MR) is 93.2 cm³/mol. The van der Waals surface area contributed by atoms with Gasteiger partial charge in [-0.2, -0.15) is 0 Å². The molecule has 0 bridgehead atoms. The maximum atomic E-state index is 13.9. The number of rotatable bonds is 5. The summed E-state index contributed by atoms with van der Waals surface area (Å²) in [5, 5.41) is 5.01. The lowest BCUT2D eigenvalue weighted by Crippen LogP contribution is -2.44. The normalized spacial score (nSPS) is 11.8. The third-order valence-corrected chi connectivity index (χ3v) is 4.90. The first kappa shape index (κ1) is 18.9. The van der Waals surface area contributed by atoms with E-state index in [1.54, 1.807) is 26.0 Å². The summed E-state index contributed by atoms with van der Waals surface area (Å²) < 4.78 is 19.4. The lowest BCUT2D eigenvalue weighted by molar-refractivity contribution is -0.123. The molecule has 0 aliphatic heterocycles. The number of hydrogen-bond donors (Lipinski definition) is 2. The molecule has 2 aromatic rings. The fourth-order valence-electron chi connectivity index (χ4n) is 2.17. The van der Waals surface area contributed by atoms with Crippen molar-refractivity contribution in [3.8, 4) is 0 Å². The molecule has 25 heavy (non-hydrogen) atoms. The number of carbonyl (C=O) groups excluding carboxylic acids is 3. The first-order chi connectivity index (χ1) is 11.8. The van der Waals surface area contributed by atoms with Gasteiger partial charge in [0.1, 0.15) is 10.7 Å². The molecule has 2 N–H and O–H groups in total. The molecule has 1 aromatic heterocycles. The predicted octanol–water partition coefficient (Wildman–Crippen LogP) is 3.13. The van der Waals surface area contributed by atoms with Crippen LogP contribution >= 0.6 is 11.3 Å². The highest BCUT2D eigenvalue weighted by atomic mass is 32.1. The molecule has 8 heteroatoms. The molecule has 0 spiro atoms. The lowest BCUT2D eigenvalue weighted by Gasteiger charge is -2.11. The van der Waals surface area contributed by atoms with Crippen molar-refractivity contribution >= 4 is 39.3 Å². The summed E-state index contributed by atoms with van der Waals surface area (Å²) in [6.45, 7) is 4.72. The zero-order chi connectivity index (χ0) is 18.6. The number of aryl methyl sites for hydroxylation is 1. The molecule has 134 valence electrons. The van der Waals surface area contributed by atoms with Crippen LogP contribution in [0.1, 0.15) is 35.5 Å². The van der Waals surface area contributed by atoms with E-state index in [1.165, 1.54) is 6.07 Å². The van der Waals surface area contributed by atoms with E-state index in [0.717, 1.165) is 17.8 Å². The number of carbonyl (C=O) groups is 3. The largest absolute Gasteiger partial charge is 0.451 e. The van der Waals surface area contributed by atoms with E-state index in [0.29, 0.717) is 15.6 Å². The molecule has 0 aliphatic carbocycles. The van der Waals surface area contributed by atoms with E-state index in [4.69, 9.17) is 4.74 Å². The number of imide groups is 1. The van der Waals surface area contributed by atoms with E-state index in [-0.39, 0.29) is 10.9 Å². The van der Waals surface area contributed by atoms with Crippen LogP contribution in [0, 0.1) is 12.7 Å². The molecule has 0 radical (unpaired) electrons. The van der Waals surface area contributed by atoms with Gasteiger partial charge in [-0.15, -0.1) is 11.3 Å². The Kier molecular flexibility index (Phi) is 6.08. The second-order valence-corrected chi connectivity index (χ2v) is 6.63. The minimum absolute atomic E-state index is 0.0774. The minimum Gasteiger partial charge on any atom is -0.451 e. The molecule has 0 unspecified atom stereocenters. The zero-order valence-electron chi connectivity index (χ0n) is 14.1. The summed E-state index contributed by atoms with van der Waals surface area (Å²) >= 11 is 1.10. The zero-order valence-corrected chi connectivity index (χ0v) is 15.0. The molecule has 6 nitrogen and oxygen atoms in total. The standard InChI is InChI=1S/C17H19FN2O4S/c1-4-9(2)19-17(23)20-13(21)8-24-16(22)15-10(3)14-11(18)6-5-7-12(14)25-15/h5-7,9H,4,8H2,1-3H3,(H2,19,20,21,23)/t9-/m0/s1. The van der Waals surface area contributed by atoms with Gasteiger partial charge in [-0.3, -0.25) is 10.1 Å². The fourth-order valence-corrected chi connectivity index (χ4v) is 3.29. The molecule has 3 amide bonds. The van der Waals surface area contributed by atoms with Crippen LogP contribution in [0.3, 0.4) is 0 Å². The number of thiophene rings is 1. The highest BCUT2D eigenvalue weighted by Crippen LogP contribution is 2.32. The average molecular weight is 366 g/mol. The average Bonchev–Trinajstić information content (AvgIpc) is 2.90. The monoisotopic (exact) mass is 366 g/mol. The first-order valence-corrected chi connectivity index (χ1v) is 8.60. The fraction of sp³-hybridized carbons (Fsp3) is 0.353. The molecule has 1 heterocycles. The number of halogens is 1. The van der Waals surface area contributed by atoms with Gasteiger partial charge in [0.05, 0.1) is 0 Å². The van der Waals surface area contributed by atoms with Crippen molar-refractivity contribution in [1.29, 1.82) is 0 Å². The SMILES string of the molecule is CC[C@H](C)NC(=O)NC(=O)COC(=O)c1sc2cccc(F)c2c1C. The highest BCUT2D eigenvalue weighted by molar-refractivity contribution is 7.21. The van der Waals surface area contributed by atoms with Crippen LogP contribution in [-0.4, -0.2) is 30.6 Å². The second-order valence-electron chi connectivity index (χ2n) is 5.58. The number of hydrogen-bond acceptors (Lipinski definition) is 5. The number of ether oxygens (including phenoxy) is 1. The van der Waals surface area contributed by atoms with Gasteiger partial charge in [0.15, 0.2) is 6.61 Å². The van der Waals surface area contributed by atoms with Crippen molar-refractivity contribution in [3.05, 3.63) is 34.5 Å². The number of esters is 1. The van der Waals surface area contributed by atoms with Gasteiger partial charge in [-0.25, -0.2) is 14.0 Å². The van der Waals surface area contributed by atoms with E-state index in [9.17, 15) is 18.8 Å². The van der Waals surface area contributed by atoms with Gasteiger partial charge < -0.3 is 10.1 Å². The topological polar surface area (TPSA) is 84.5 Å². The molecule has 0 saturated heterocycles. The van der Waals surface area contributed by atoms with Crippen LogP contribution in [0.25, 0.3) is 10.1 Å². The smallest absolute Gasteiger partial charge is 0.349 e. The van der Waals surface area contributed by atoms with Gasteiger partial charge in [-0.05, 0) is 38.0 Å². The van der Waals surface area contributed by atoms with Crippen LogP contribution in [-0.2, 0) is 9.53 Å². The minimum atomic E-state index is -0.737. The third kappa shape index (κ3) is 4.54. The number of fused-ring (bicyclic) bond motifs is 1. The van der Waals surface area contributed by atoms with Gasteiger partial charge in [0.25, 0.3) is 5.91 Å². The molecule has 0 aliphatic rings. The van der Waals surface area contributed by atoms with Crippen LogP contribution in [0.5, 0.6) is 0 Å². The quantitative estimate of drug-likeness (QED) is 0.796. The van der Waals surface area contributed by atoms with Crippen LogP contribution in [0.2, 0.25) is 0 Å². The number of nitrogens with one attached hydrogen (secondary N) is 2. The Balaban J connectivity index is 1.97. The molecule has 0 fully saturated rings. The molecule has 0 saturated carbocycles. The Morgan fingerprint density at radius 3 is 2.68 bits per heavy atom. The van der Waals surface area contributed by atoms with Crippen molar-refractivity contribution < 1.29 is 23.5 Å². The summed E-state index contributed by atoms with van der Waals surface area (Å²) in [6, 6.07) is 3.87. The van der Waals surface area contributed by atoms with E-state index >= 15 is 0 Å². The first-order valence-electron chi connectivity index (χ1n) is 7.78. The Morgan fingerprint density at radius 2 is 2.04 bits per heavy atom. The Bertz CT molecular complexity index is 818. The summed E-state index contributed by atoms with van der Waals surface area (Å²) in [6.07, 6.45) is 0.721. The van der Waals surface area contributed by atoms with E-state index in [2.05, 4.69) is 10.6 Å². The third-order valence-electron chi connectivity index (χ3n) is 3.67. The van der Waals surface area contributed by atoms with Crippen LogP contribution < -0.4 is 10.6 Å². The molecule has 2 rings (SSSR count). The molecule has 1 aromatic carbocycles. The molecule has 1 atom stereocenters. The van der Waals surface area contributed by atoms with E-state index < -0.39 is 30.3 Å².